The zero-order valence-corrected chi connectivity index (χ0v) is 14.6. The Labute approximate surface area is 140 Å². The number of ether oxygens (including phenoxy) is 2. The maximum absolute atomic E-state index is 5.56. The second kappa shape index (κ2) is 7.16. The minimum absolute atomic E-state index is 0.498. The Morgan fingerprint density at radius 1 is 1.13 bits per heavy atom. The zero-order chi connectivity index (χ0) is 16.3. The lowest BCUT2D eigenvalue weighted by Crippen LogP contribution is -2.48. The summed E-state index contributed by atoms with van der Waals surface area (Å²) in [6.07, 6.45) is 8.41. The van der Waals surface area contributed by atoms with Crippen molar-refractivity contribution in [1.82, 2.24) is 4.90 Å². The van der Waals surface area contributed by atoms with E-state index in [4.69, 9.17) is 9.47 Å². The van der Waals surface area contributed by atoms with Gasteiger partial charge in [-0.15, -0.1) is 0 Å². The molecular formula is C20H29NO2. The quantitative estimate of drug-likeness (QED) is 0.582. The molecule has 0 aliphatic carbocycles. The summed E-state index contributed by atoms with van der Waals surface area (Å²) in [6.45, 7) is 3.09. The molecule has 1 aromatic carbocycles. The molecule has 126 valence electrons. The van der Waals surface area contributed by atoms with Crippen molar-refractivity contribution in [3.63, 3.8) is 0 Å². The van der Waals surface area contributed by atoms with Gasteiger partial charge in [0, 0.05) is 39.3 Å². The Hall–Kier alpha value is -1.16. The highest BCUT2D eigenvalue weighted by atomic mass is 16.7. The summed E-state index contributed by atoms with van der Waals surface area (Å²) in [5, 5.41) is 0. The Morgan fingerprint density at radius 2 is 1.87 bits per heavy atom. The van der Waals surface area contributed by atoms with Gasteiger partial charge in [-0.1, -0.05) is 48.4 Å². The van der Waals surface area contributed by atoms with Gasteiger partial charge in [0.05, 0.1) is 0 Å². The minimum Gasteiger partial charge on any atom is -0.353 e. The van der Waals surface area contributed by atoms with Gasteiger partial charge in [-0.3, -0.25) is 4.90 Å². The van der Waals surface area contributed by atoms with Crippen LogP contribution in [0.2, 0.25) is 0 Å². The molecule has 2 heterocycles. The first-order chi connectivity index (χ1) is 11.1. The fraction of sp³-hybridized carbons (Fsp3) is 0.600. The van der Waals surface area contributed by atoms with E-state index in [9.17, 15) is 0 Å². The van der Waals surface area contributed by atoms with Gasteiger partial charge >= 0.3 is 0 Å². The summed E-state index contributed by atoms with van der Waals surface area (Å²) < 4.78 is 11.1. The lowest BCUT2D eigenvalue weighted by Gasteiger charge is -2.46. The summed E-state index contributed by atoms with van der Waals surface area (Å²) >= 11 is 0. The van der Waals surface area contributed by atoms with Crippen LogP contribution in [0.3, 0.4) is 0 Å². The van der Waals surface area contributed by atoms with E-state index < -0.39 is 5.79 Å². The van der Waals surface area contributed by atoms with E-state index in [1.807, 2.05) is 6.92 Å². The summed E-state index contributed by atoms with van der Waals surface area (Å²) in [5.74, 6) is -0.498. The second-order valence-electron chi connectivity index (χ2n) is 7.06. The third-order valence-electron chi connectivity index (χ3n) is 5.48. The topological polar surface area (TPSA) is 21.7 Å². The maximum Gasteiger partial charge on any atom is 0.168 e. The van der Waals surface area contributed by atoms with Crippen LogP contribution in [0.5, 0.6) is 0 Å². The summed E-state index contributed by atoms with van der Waals surface area (Å²) in [5.41, 5.74) is 2.91. The first kappa shape index (κ1) is 16.7. The largest absolute Gasteiger partial charge is 0.353 e. The third-order valence-corrected chi connectivity index (χ3v) is 5.48. The molecule has 2 unspecified atom stereocenters. The molecule has 1 fully saturated rings. The van der Waals surface area contributed by atoms with Gasteiger partial charge in [0.2, 0.25) is 0 Å². The Bertz CT molecular complexity index is 536. The molecule has 0 saturated carbocycles. The number of fused-ring (bicyclic) bond motifs is 2. The van der Waals surface area contributed by atoms with Gasteiger partial charge < -0.3 is 9.47 Å². The molecule has 2 aliphatic heterocycles. The Morgan fingerprint density at radius 3 is 2.52 bits per heavy atom. The van der Waals surface area contributed by atoms with E-state index in [0.717, 1.165) is 19.4 Å². The van der Waals surface area contributed by atoms with E-state index >= 15 is 0 Å². The van der Waals surface area contributed by atoms with Gasteiger partial charge in [0.15, 0.2) is 5.79 Å². The van der Waals surface area contributed by atoms with Gasteiger partial charge in [-0.25, -0.2) is 0 Å². The lowest BCUT2D eigenvalue weighted by atomic mass is 9.82. The molecule has 2 bridgehead atoms. The highest BCUT2D eigenvalue weighted by Crippen LogP contribution is 2.37. The molecule has 0 aromatic heterocycles. The van der Waals surface area contributed by atoms with Crippen LogP contribution in [-0.4, -0.2) is 37.0 Å². The minimum atomic E-state index is -0.498. The van der Waals surface area contributed by atoms with Crippen LogP contribution in [0.25, 0.3) is 0 Å². The smallest absolute Gasteiger partial charge is 0.168 e. The van der Waals surface area contributed by atoms with Crippen molar-refractivity contribution in [3.05, 3.63) is 47.5 Å². The molecule has 3 rings (SSSR count). The molecule has 0 spiro atoms. The summed E-state index contributed by atoms with van der Waals surface area (Å²) in [4.78, 5) is 2.69. The Balaban J connectivity index is 1.74. The normalized spacial score (nSPS) is 25.3. The van der Waals surface area contributed by atoms with E-state index in [0.29, 0.717) is 12.1 Å². The SMILES string of the molecule is COC(C)(CC1=CC2CCCC(C1)N2Cc1ccccc1)OC. The van der Waals surface area contributed by atoms with E-state index in [2.05, 4.69) is 41.3 Å². The van der Waals surface area contributed by atoms with Crippen LogP contribution in [0.1, 0.15) is 44.6 Å². The Kier molecular flexibility index (Phi) is 5.20. The van der Waals surface area contributed by atoms with Crippen molar-refractivity contribution in [2.45, 2.75) is 63.4 Å². The first-order valence-electron chi connectivity index (χ1n) is 8.73. The molecule has 0 amide bonds. The molecule has 0 N–H and O–H groups in total. The predicted octanol–water partition coefficient (Wildman–Crippen LogP) is 4.14. The number of methoxy groups -OCH3 is 2. The molecule has 23 heavy (non-hydrogen) atoms. The van der Waals surface area contributed by atoms with Crippen molar-refractivity contribution in [1.29, 1.82) is 0 Å². The summed E-state index contributed by atoms with van der Waals surface area (Å²) in [7, 11) is 3.46. The van der Waals surface area contributed by atoms with Gasteiger partial charge in [-0.2, -0.15) is 0 Å². The molecule has 2 aliphatic rings. The molecule has 1 aromatic rings. The number of hydrogen-bond donors (Lipinski definition) is 0. The van der Waals surface area contributed by atoms with Crippen LogP contribution in [0, 0.1) is 0 Å². The van der Waals surface area contributed by atoms with E-state index in [1.165, 1.54) is 30.4 Å². The number of hydrogen-bond acceptors (Lipinski definition) is 3. The van der Waals surface area contributed by atoms with Gasteiger partial charge in [0.1, 0.15) is 0 Å². The average Bonchev–Trinajstić information content (AvgIpc) is 2.56. The molecule has 3 heteroatoms. The van der Waals surface area contributed by atoms with Crippen LogP contribution in [0.15, 0.2) is 42.0 Å². The highest BCUT2D eigenvalue weighted by Gasteiger charge is 2.36. The fourth-order valence-corrected chi connectivity index (χ4v) is 4.02. The molecule has 1 saturated heterocycles. The lowest BCUT2D eigenvalue weighted by molar-refractivity contribution is -0.192. The van der Waals surface area contributed by atoms with Crippen molar-refractivity contribution in [2.24, 2.45) is 0 Å². The zero-order valence-electron chi connectivity index (χ0n) is 14.6. The fourth-order valence-electron chi connectivity index (χ4n) is 4.02. The standard InChI is InChI=1S/C20H29NO2/c1-20(22-2,23-3)14-17-12-18-10-7-11-19(13-17)21(18)15-16-8-5-4-6-9-16/h4-6,8-9,12,18-19H,7,10-11,13-15H2,1-3H3. The van der Waals surface area contributed by atoms with E-state index in [-0.39, 0.29) is 0 Å². The van der Waals surface area contributed by atoms with Crippen molar-refractivity contribution in [3.8, 4) is 0 Å². The molecule has 0 radical (unpaired) electrons. The molecule has 3 nitrogen and oxygen atoms in total. The van der Waals surface area contributed by atoms with Gasteiger partial charge in [0.25, 0.3) is 0 Å². The third kappa shape index (κ3) is 3.85. The number of rotatable bonds is 6. The number of piperidine rings is 1. The maximum atomic E-state index is 5.56. The van der Waals surface area contributed by atoms with Crippen LogP contribution in [0.4, 0.5) is 0 Å². The van der Waals surface area contributed by atoms with Crippen molar-refractivity contribution in [2.75, 3.05) is 14.2 Å². The van der Waals surface area contributed by atoms with Crippen LogP contribution < -0.4 is 0 Å². The summed E-state index contributed by atoms with van der Waals surface area (Å²) in [6, 6.07) is 12.1. The molecular weight excluding hydrogens is 286 g/mol. The predicted molar refractivity (Wildman–Crippen MR) is 93.2 cm³/mol. The average molecular weight is 315 g/mol. The molecule has 2 atom stereocenters. The monoisotopic (exact) mass is 315 g/mol. The highest BCUT2D eigenvalue weighted by molar-refractivity contribution is 5.20. The van der Waals surface area contributed by atoms with Crippen LogP contribution in [-0.2, 0) is 16.0 Å². The second-order valence-corrected chi connectivity index (χ2v) is 7.06. The van der Waals surface area contributed by atoms with Gasteiger partial charge in [-0.05, 0) is 31.7 Å². The first-order valence-corrected chi connectivity index (χ1v) is 8.73. The number of benzene rings is 1. The van der Waals surface area contributed by atoms with E-state index in [1.54, 1.807) is 14.2 Å². The van der Waals surface area contributed by atoms with Crippen LogP contribution >= 0.6 is 0 Å². The van der Waals surface area contributed by atoms with Crippen molar-refractivity contribution < 1.29 is 9.47 Å². The van der Waals surface area contributed by atoms with Crippen molar-refractivity contribution >= 4 is 0 Å². The number of nitrogens with zero attached hydrogens (tertiary/aromatic N) is 1.